The molecule has 0 radical (unpaired) electrons. The molecular formula is C19H19ClN4O2S. The number of thiazole rings is 1. The largest absolute Gasteiger partial charge is 0.465 e. The number of carbonyl (C=O) groups is 1. The number of benzene rings is 1. The van der Waals surface area contributed by atoms with Gasteiger partial charge in [-0.1, -0.05) is 53.3 Å². The van der Waals surface area contributed by atoms with Crippen molar-refractivity contribution >= 4 is 34.0 Å². The van der Waals surface area contributed by atoms with Crippen molar-refractivity contribution in [2.45, 2.75) is 25.3 Å². The van der Waals surface area contributed by atoms with Gasteiger partial charge in [0.1, 0.15) is 5.82 Å². The fourth-order valence-corrected chi connectivity index (χ4v) is 4.62. The predicted molar refractivity (Wildman–Crippen MR) is 106 cm³/mol. The molecule has 0 amide bonds. The quantitative estimate of drug-likeness (QED) is 0.640. The van der Waals surface area contributed by atoms with Crippen LogP contribution in [0.5, 0.6) is 0 Å². The van der Waals surface area contributed by atoms with Crippen molar-refractivity contribution < 1.29 is 9.53 Å². The zero-order valence-electron chi connectivity index (χ0n) is 14.8. The summed E-state index contributed by atoms with van der Waals surface area (Å²) >= 11 is 7.43. The highest BCUT2D eigenvalue weighted by molar-refractivity contribution is 7.18. The van der Waals surface area contributed by atoms with Crippen molar-refractivity contribution in [1.29, 1.82) is 0 Å². The van der Waals surface area contributed by atoms with E-state index in [0.717, 1.165) is 48.0 Å². The highest BCUT2D eigenvalue weighted by atomic mass is 35.5. The summed E-state index contributed by atoms with van der Waals surface area (Å²) in [5.41, 5.74) is 2.09. The van der Waals surface area contributed by atoms with E-state index in [4.69, 9.17) is 16.3 Å². The number of H-pyrrole nitrogens is 1. The first-order chi connectivity index (χ1) is 13.2. The highest BCUT2D eigenvalue weighted by Crippen LogP contribution is 2.38. The van der Waals surface area contributed by atoms with Crippen LogP contribution in [-0.4, -0.2) is 34.6 Å². The molecule has 3 aromatic rings. The van der Waals surface area contributed by atoms with Gasteiger partial charge in [-0.25, -0.2) is 14.8 Å². The minimum Gasteiger partial charge on any atom is -0.465 e. The average Bonchev–Trinajstić information content (AvgIpc) is 3.35. The molecule has 1 N–H and O–H groups in total. The van der Waals surface area contributed by atoms with Crippen LogP contribution in [0.4, 0.5) is 5.13 Å². The van der Waals surface area contributed by atoms with Crippen LogP contribution in [0.1, 0.15) is 40.8 Å². The maximum Gasteiger partial charge on any atom is 0.351 e. The first-order valence-electron chi connectivity index (χ1n) is 8.79. The van der Waals surface area contributed by atoms with Crippen molar-refractivity contribution in [3.63, 3.8) is 0 Å². The number of aromatic nitrogens is 3. The number of anilines is 1. The lowest BCUT2D eigenvalue weighted by Gasteiger charge is -2.34. The van der Waals surface area contributed by atoms with Gasteiger partial charge in [0.2, 0.25) is 0 Å². The van der Waals surface area contributed by atoms with E-state index >= 15 is 0 Å². The first kappa shape index (κ1) is 18.0. The normalized spacial score (nSPS) is 17.1. The Kier molecular flexibility index (Phi) is 5.13. The summed E-state index contributed by atoms with van der Waals surface area (Å²) < 4.78 is 4.79. The summed E-state index contributed by atoms with van der Waals surface area (Å²) in [5, 5.41) is 0.915. The van der Waals surface area contributed by atoms with Crippen molar-refractivity contribution in [3.05, 3.63) is 52.4 Å². The summed E-state index contributed by atoms with van der Waals surface area (Å²) in [6.45, 7) is 0.844. The number of halogens is 1. The van der Waals surface area contributed by atoms with E-state index in [-0.39, 0.29) is 11.2 Å². The second-order valence-electron chi connectivity index (χ2n) is 6.36. The molecule has 2 aromatic heterocycles. The van der Waals surface area contributed by atoms with Crippen LogP contribution in [-0.2, 0) is 4.74 Å². The Morgan fingerprint density at radius 2 is 2.15 bits per heavy atom. The van der Waals surface area contributed by atoms with Crippen molar-refractivity contribution in [3.8, 4) is 11.3 Å². The average molecular weight is 403 g/mol. The first-order valence-corrected chi connectivity index (χ1v) is 9.98. The second kappa shape index (κ2) is 7.70. The number of imidazole rings is 1. The monoisotopic (exact) mass is 402 g/mol. The Balaban J connectivity index is 1.64. The molecular weight excluding hydrogens is 384 g/mol. The van der Waals surface area contributed by atoms with E-state index < -0.39 is 5.97 Å². The number of esters is 1. The molecule has 3 heterocycles. The molecule has 1 aliphatic heterocycles. The van der Waals surface area contributed by atoms with Gasteiger partial charge in [-0.3, -0.25) is 0 Å². The fourth-order valence-electron chi connectivity index (χ4n) is 3.35. The maximum atomic E-state index is 11.9. The Morgan fingerprint density at radius 3 is 2.93 bits per heavy atom. The van der Waals surface area contributed by atoms with E-state index in [9.17, 15) is 4.79 Å². The molecule has 140 valence electrons. The Labute approximate surface area is 166 Å². The Morgan fingerprint density at radius 1 is 1.33 bits per heavy atom. The number of piperidine rings is 1. The minimum absolute atomic E-state index is 0.0731. The minimum atomic E-state index is -0.457. The summed E-state index contributed by atoms with van der Waals surface area (Å²) in [6, 6.07) is 10.2. The molecule has 6 nitrogen and oxygen atoms in total. The Bertz CT molecular complexity index is 940. The number of aromatic amines is 1. The second-order valence-corrected chi connectivity index (χ2v) is 7.70. The van der Waals surface area contributed by atoms with E-state index in [1.165, 1.54) is 18.4 Å². The molecule has 4 rings (SSSR count). The van der Waals surface area contributed by atoms with Crippen molar-refractivity contribution in [2.75, 3.05) is 18.6 Å². The molecule has 1 fully saturated rings. The van der Waals surface area contributed by atoms with Crippen LogP contribution >= 0.6 is 22.9 Å². The van der Waals surface area contributed by atoms with Gasteiger partial charge in [0, 0.05) is 6.54 Å². The SMILES string of the molecule is COC(=O)c1sc(N2CCCC[C@H]2c2ncc(-c3ccccc3)[nH]2)nc1Cl. The molecule has 0 unspecified atom stereocenters. The van der Waals surface area contributed by atoms with Gasteiger partial charge < -0.3 is 14.6 Å². The van der Waals surface area contributed by atoms with Gasteiger partial charge in [0.15, 0.2) is 15.2 Å². The molecule has 0 spiro atoms. The summed E-state index contributed by atoms with van der Waals surface area (Å²) in [5.74, 6) is 0.446. The van der Waals surface area contributed by atoms with Crippen LogP contribution in [0.2, 0.25) is 5.15 Å². The zero-order valence-corrected chi connectivity index (χ0v) is 16.4. The zero-order chi connectivity index (χ0) is 18.8. The molecule has 27 heavy (non-hydrogen) atoms. The van der Waals surface area contributed by atoms with Crippen molar-refractivity contribution in [1.82, 2.24) is 15.0 Å². The molecule has 0 saturated carbocycles. The number of rotatable bonds is 4. The number of carbonyl (C=O) groups excluding carboxylic acids is 1. The summed E-state index contributed by atoms with van der Waals surface area (Å²) in [4.78, 5) is 26.9. The van der Waals surface area contributed by atoms with Crippen LogP contribution in [0.25, 0.3) is 11.3 Å². The van der Waals surface area contributed by atoms with E-state index in [0.29, 0.717) is 4.88 Å². The van der Waals surface area contributed by atoms with Gasteiger partial charge in [-0.15, -0.1) is 0 Å². The van der Waals surface area contributed by atoms with Gasteiger partial charge in [0.05, 0.1) is 25.0 Å². The van der Waals surface area contributed by atoms with Gasteiger partial charge in [0.25, 0.3) is 0 Å². The van der Waals surface area contributed by atoms with Crippen LogP contribution in [0, 0.1) is 0 Å². The lowest BCUT2D eigenvalue weighted by Crippen LogP contribution is -2.33. The number of nitrogens with zero attached hydrogens (tertiary/aromatic N) is 3. The third kappa shape index (κ3) is 3.57. The third-order valence-corrected chi connectivity index (χ3v) is 6.15. The predicted octanol–water partition coefficient (Wildman–Crippen LogP) is 4.70. The Hall–Kier alpha value is -2.38. The molecule has 0 aliphatic carbocycles. The molecule has 1 aromatic carbocycles. The number of hydrogen-bond acceptors (Lipinski definition) is 6. The number of hydrogen-bond donors (Lipinski definition) is 1. The lowest BCUT2D eigenvalue weighted by molar-refractivity contribution is 0.0606. The number of ether oxygens (including phenoxy) is 1. The standard InChI is InChI=1S/C19H19ClN4O2S/c1-26-18(25)15-16(20)23-19(27-15)24-10-6-5-9-14(24)17-21-11-13(22-17)12-7-3-2-4-8-12/h2-4,7-8,11,14H,5-6,9-10H2,1H3,(H,21,22)/t14-/m0/s1. The van der Waals surface area contributed by atoms with Crippen LogP contribution in [0.3, 0.4) is 0 Å². The smallest absolute Gasteiger partial charge is 0.351 e. The fraction of sp³-hybridized carbons (Fsp3) is 0.316. The van der Waals surface area contributed by atoms with E-state index in [1.807, 2.05) is 24.4 Å². The lowest BCUT2D eigenvalue weighted by atomic mass is 10.0. The number of nitrogens with one attached hydrogen (secondary N) is 1. The molecule has 1 aliphatic rings. The van der Waals surface area contributed by atoms with Crippen molar-refractivity contribution in [2.24, 2.45) is 0 Å². The summed E-state index contributed by atoms with van der Waals surface area (Å²) in [7, 11) is 1.34. The molecule has 1 saturated heterocycles. The third-order valence-electron chi connectivity index (χ3n) is 4.69. The highest BCUT2D eigenvalue weighted by Gasteiger charge is 2.30. The maximum absolute atomic E-state index is 11.9. The topological polar surface area (TPSA) is 71.1 Å². The van der Waals surface area contributed by atoms with Crippen LogP contribution in [0.15, 0.2) is 36.5 Å². The van der Waals surface area contributed by atoms with E-state index in [1.54, 1.807) is 0 Å². The van der Waals surface area contributed by atoms with Gasteiger partial charge in [-0.05, 0) is 24.8 Å². The van der Waals surface area contributed by atoms with Gasteiger partial charge in [-0.2, -0.15) is 0 Å². The molecule has 1 atom stereocenters. The molecule has 0 bridgehead atoms. The molecule has 8 heteroatoms. The van der Waals surface area contributed by atoms with E-state index in [2.05, 4.69) is 32.0 Å². The van der Waals surface area contributed by atoms with Crippen LogP contribution < -0.4 is 4.90 Å². The number of methoxy groups -OCH3 is 1. The summed E-state index contributed by atoms with van der Waals surface area (Å²) in [6.07, 6.45) is 5.01. The van der Waals surface area contributed by atoms with Gasteiger partial charge >= 0.3 is 5.97 Å².